The van der Waals surface area contributed by atoms with Crippen LogP contribution < -0.4 is 0 Å². The van der Waals surface area contributed by atoms with Crippen LogP contribution in [-0.4, -0.2) is 88.4 Å². The fourth-order valence-corrected chi connectivity index (χ4v) is 7.94. The van der Waals surface area contributed by atoms with Gasteiger partial charge in [-0.25, -0.2) is 4.79 Å². The second-order valence-corrected chi connectivity index (χ2v) is 18.4. The van der Waals surface area contributed by atoms with Crippen molar-refractivity contribution in [3.05, 3.63) is 48.6 Å². The summed E-state index contributed by atoms with van der Waals surface area (Å²) in [5.41, 5.74) is 0. The first-order chi connectivity index (χ1) is 32.2. The Hall–Kier alpha value is -2.83. The van der Waals surface area contributed by atoms with Gasteiger partial charge < -0.3 is 39.4 Å². The highest BCUT2D eigenvalue weighted by Gasteiger charge is 2.47. The van der Waals surface area contributed by atoms with Gasteiger partial charge >= 0.3 is 17.9 Å². The van der Waals surface area contributed by atoms with Crippen molar-refractivity contribution in [1.29, 1.82) is 0 Å². The number of ether oxygens (including phenoxy) is 4. The van der Waals surface area contributed by atoms with Crippen LogP contribution in [0.2, 0.25) is 0 Å². The fraction of sp³-hybridized carbons (Fsp3) is 0.800. The Labute approximate surface area is 401 Å². The van der Waals surface area contributed by atoms with Crippen molar-refractivity contribution < 1.29 is 53.8 Å². The molecule has 382 valence electrons. The van der Waals surface area contributed by atoms with E-state index in [1.807, 2.05) is 0 Å². The molecular formula is C55H96O11. The fourth-order valence-electron chi connectivity index (χ4n) is 7.94. The summed E-state index contributed by atoms with van der Waals surface area (Å²) in [5, 5.41) is 40.0. The van der Waals surface area contributed by atoms with E-state index in [4.69, 9.17) is 18.9 Å². The van der Waals surface area contributed by atoms with E-state index in [1.54, 1.807) is 0 Å². The van der Waals surface area contributed by atoms with Gasteiger partial charge in [0.25, 0.3) is 0 Å². The summed E-state index contributed by atoms with van der Waals surface area (Å²) in [6, 6.07) is 0. The lowest BCUT2D eigenvalue weighted by molar-refractivity contribution is -0.298. The third-order valence-electron chi connectivity index (χ3n) is 12.2. The summed E-state index contributed by atoms with van der Waals surface area (Å²) in [6.07, 6.45) is 45.8. The summed E-state index contributed by atoms with van der Waals surface area (Å²) in [6.45, 7) is 3.80. The Kier molecular flexibility index (Phi) is 41.4. The number of aliphatic hydroxyl groups excluding tert-OH is 3. The molecule has 4 N–H and O–H groups in total. The van der Waals surface area contributed by atoms with Crippen LogP contribution in [0.3, 0.4) is 0 Å². The third-order valence-corrected chi connectivity index (χ3v) is 12.2. The van der Waals surface area contributed by atoms with Crippen LogP contribution in [0, 0.1) is 0 Å². The van der Waals surface area contributed by atoms with E-state index in [2.05, 4.69) is 62.5 Å². The molecule has 0 bridgehead atoms. The zero-order valence-electron chi connectivity index (χ0n) is 41.7. The number of unbranched alkanes of at least 4 members (excludes halogenated alkanes) is 26. The molecule has 1 fully saturated rings. The normalized spacial score (nSPS) is 19.4. The first-order valence-corrected chi connectivity index (χ1v) is 26.7. The summed E-state index contributed by atoms with van der Waals surface area (Å²) in [4.78, 5) is 37.0. The van der Waals surface area contributed by atoms with Crippen LogP contribution in [0.5, 0.6) is 0 Å². The van der Waals surface area contributed by atoms with Gasteiger partial charge in [-0.2, -0.15) is 0 Å². The van der Waals surface area contributed by atoms with Gasteiger partial charge in [0, 0.05) is 12.8 Å². The molecule has 11 nitrogen and oxygen atoms in total. The SMILES string of the molecule is CCCCC/C=C\C/C=C\CCCCCCCCCCCC(=O)OC(COC(=O)CCCCCCCCCCC/C=C\C/C=C\CCCCCCC)COC1OC(C(=O)O)C(O)C(O)C1O. The second-order valence-electron chi connectivity index (χ2n) is 18.4. The lowest BCUT2D eigenvalue weighted by atomic mass is 9.99. The molecule has 1 heterocycles. The summed E-state index contributed by atoms with van der Waals surface area (Å²) < 4.78 is 21.8. The van der Waals surface area contributed by atoms with Gasteiger partial charge in [0.15, 0.2) is 18.5 Å². The maximum Gasteiger partial charge on any atom is 0.335 e. The van der Waals surface area contributed by atoms with Crippen LogP contribution in [0.1, 0.15) is 232 Å². The second kappa shape index (κ2) is 44.7. The topological polar surface area (TPSA) is 169 Å². The number of allylic oxidation sites excluding steroid dienone is 8. The average molecular weight is 933 g/mol. The number of hydrogen-bond donors (Lipinski definition) is 4. The van der Waals surface area contributed by atoms with Gasteiger partial charge in [0.2, 0.25) is 0 Å². The van der Waals surface area contributed by atoms with Crippen LogP contribution in [-0.2, 0) is 33.3 Å². The Morgan fingerprint density at radius 3 is 1.29 bits per heavy atom. The molecule has 1 aliphatic rings. The van der Waals surface area contributed by atoms with E-state index in [0.717, 1.165) is 64.2 Å². The molecule has 1 saturated heterocycles. The minimum atomic E-state index is -1.86. The minimum absolute atomic E-state index is 0.177. The predicted octanol–water partition coefficient (Wildman–Crippen LogP) is 12.9. The standard InChI is InChI=1S/C55H96O11/c1-3-5-7-9-11-13-15-17-19-21-23-24-26-27-29-31-33-35-37-39-41-43-48(56)63-45-47(46-64-55-52(60)50(58)51(59)53(66-55)54(61)62)65-49(57)44-42-40-38-36-34-32-30-28-25-22-20-18-16-14-12-10-8-6-4-2/h12,14-15,17-18,20-21,23,47,50-53,55,58-60H,3-11,13,16,19,22,24-46H2,1-2H3,(H,61,62)/b14-12-,17-15-,20-18-,23-21-. The molecule has 0 aromatic carbocycles. The molecule has 0 aromatic rings. The molecular weight excluding hydrogens is 837 g/mol. The highest BCUT2D eigenvalue weighted by Crippen LogP contribution is 2.23. The average Bonchev–Trinajstić information content (AvgIpc) is 3.30. The molecule has 0 amide bonds. The molecule has 1 aliphatic heterocycles. The van der Waals surface area contributed by atoms with Crippen LogP contribution in [0.4, 0.5) is 0 Å². The van der Waals surface area contributed by atoms with Gasteiger partial charge in [-0.15, -0.1) is 0 Å². The number of carbonyl (C=O) groups is 3. The van der Waals surface area contributed by atoms with E-state index in [9.17, 15) is 34.8 Å². The third kappa shape index (κ3) is 35.3. The molecule has 11 heteroatoms. The molecule has 0 saturated carbocycles. The molecule has 0 radical (unpaired) electrons. The van der Waals surface area contributed by atoms with Crippen molar-refractivity contribution >= 4 is 17.9 Å². The zero-order chi connectivity index (χ0) is 48.1. The molecule has 0 aromatic heterocycles. The quantitative estimate of drug-likeness (QED) is 0.0260. The highest BCUT2D eigenvalue weighted by atomic mass is 16.7. The molecule has 0 spiro atoms. The number of carboxylic acids is 1. The number of esters is 2. The van der Waals surface area contributed by atoms with Crippen LogP contribution >= 0.6 is 0 Å². The maximum atomic E-state index is 12.8. The molecule has 6 atom stereocenters. The summed E-state index contributed by atoms with van der Waals surface area (Å²) >= 11 is 0. The molecule has 1 rings (SSSR count). The predicted molar refractivity (Wildman–Crippen MR) is 266 cm³/mol. The van der Waals surface area contributed by atoms with Crippen molar-refractivity contribution in [1.82, 2.24) is 0 Å². The van der Waals surface area contributed by atoms with Gasteiger partial charge in [-0.05, 0) is 77.0 Å². The number of rotatable bonds is 45. The number of aliphatic carboxylic acids is 1. The van der Waals surface area contributed by atoms with Crippen molar-refractivity contribution in [3.63, 3.8) is 0 Å². The van der Waals surface area contributed by atoms with E-state index >= 15 is 0 Å². The van der Waals surface area contributed by atoms with E-state index in [0.29, 0.717) is 12.8 Å². The van der Waals surface area contributed by atoms with E-state index < -0.39 is 61.3 Å². The minimum Gasteiger partial charge on any atom is -0.479 e. The maximum absolute atomic E-state index is 12.8. The number of carbonyl (C=O) groups excluding carboxylic acids is 2. The smallest absolute Gasteiger partial charge is 0.335 e. The van der Waals surface area contributed by atoms with Crippen molar-refractivity contribution in [2.45, 2.75) is 269 Å². The number of carboxylic acid groups (broad SMARTS) is 1. The van der Waals surface area contributed by atoms with Crippen LogP contribution in [0.25, 0.3) is 0 Å². The lowest BCUT2D eigenvalue weighted by Gasteiger charge is -2.38. The van der Waals surface area contributed by atoms with Crippen molar-refractivity contribution in [2.75, 3.05) is 13.2 Å². The number of hydrogen-bond acceptors (Lipinski definition) is 10. The Morgan fingerprint density at radius 1 is 0.470 bits per heavy atom. The van der Waals surface area contributed by atoms with Gasteiger partial charge in [-0.3, -0.25) is 9.59 Å². The largest absolute Gasteiger partial charge is 0.479 e. The van der Waals surface area contributed by atoms with Gasteiger partial charge in [0.1, 0.15) is 24.9 Å². The lowest BCUT2D eigenvalue weighted by Crippen LogP contribution is -2.60. The van der Waals surface area contributed by atoms with Crippen molar-refractivity contribution in [2.24, 2.45) is 0 Å². The molecule has 66 heavy (non-hydrogen) atoms. The van der Waals surface area contributed by atoms with Crippen LogP contribution in [0.15, 0.2) is 48.6 Å². The van der Waals surface area contributed by atoms with E-state index in [-0.39, 0.29) is 19.4 Å². The first kappa shape index (κ1) is 61.2. The Bertz CT molecular complexity index is 1280. The molecule has 0 aliphatic carbocycles. The molecule has 6 unspecified atom stereocenters. The number of aliphatic hydroxyl groups is 3. The Morgan fingerprint density at radius 2 is 0.848 bits per heavy atom. The Balaban J connectivity index is 2.29. The monoisotopic (exact) mass is 933 g/mol. The zero-order valence-corrected chi connectivity index (χ0v) is 41.7. The van der Waals surface area contributed by atoms with Gasteiger partial charge in [0.05, 0.1) is 6.61 Å². The first-order valence-electron chi connectivity index (χ1n) is 26.7. The van der Waals surface area contributed by atoms with Gasteiger partial charge in [-0.1, -0.05) is 191 Å². The summed E-state index contributed by atoms with van der Waals surface area (Å²) in [5.74, 6) is -2.45. The van der Waals surface area contributed by atoms with E-state index in [1.165, 1.54) is 128 Å². The summed E-state index contributed by atoms with van der Waals surface area (Å²) in [7, 11) is 0. The highest BCUT2D eigenvalue weighted by molar-refractivity contribution is 5.73. The van der Waals surface area contributed by atoms with Crippen molar-refractivity contribution in [3.8, 4) is 0 Å².